The number of nitrogens with two attached hydrogens (primary N) is 1. The first kappa shape index (κ1) is 17.1. The summed E-state index contributed by atoms with van der Waals surface area (Å²) in [5.41, 5.74) is 2.48. The van der Waals surface area contributed by atoms with Gasteiger partial charge in [0.15, 0.2) is 5.78 Å². The quantitative estimate of drug-likeness (QED) is 0.789. The molecule has 2 rings (SSSR count). The maximum Gasteiger partial charge on any atom is 0.240 e. The van der Waals surface area contributed by atoms with Crippen LogP contribution in [0, 0.1) is 6.92 Å². The van der Waals surface area contributed by atoms with Gasteiger partial charge in [-0.05, 0) is 36.8 Å². The zero-order chi connectivity index (χ0) is 17.0. The average molecular weight is 333 g/mol. The Balaban J connectivity index is 2.35. The fourth-order valence-corrected chi connectivity index (χ4v) is 2.90. The Bertz CT molecular complexity index is 832. The molecule has 0 bridgehead atoms. The highest BCUT2D eigenvalue weighted by atomic mass is 32.2. The van der Waals surface area contributed by atoms with Crippen molar-refractivity contribution in [3.05, 3.63) is 53.3 Å². The van der Waals surface area contributed by atoms with Gasteiger partial charge in [-0.1, -0.05) is 13.0 Å². The van der Waals surface area contributed by atoms with Gasteiger partial charge in [-0.3, -0.25) is 9.78 Å². The summed E-state index contributed by atoms with van der Waals surface area (Å²) in [6.07, 6.45) is 1.97. The van der Waals surface area contributed by atoms with Crippen LogP contribution in [-0.4, -0.2) is 19.2 Å². The Kier molecular flexibility index (Phi) is 5.12. The third-order valence-corrected chi connectivity index (χ3v) is 4.45. The van der Waals surface area contributed by atoms with Crippen molar-refractivity contribution in [1.29, 1.82) is 0 Å². The number of carbonyl (C=O) groups excluding carboxylic acids is 1. The van der Waals surface area contributed by atoms with Crippen LogP contribution in [0.5, 0.6) is 0 Å². The van der Waals surface area contributed by atoms with Gasteiger partial charge in [-0.25, -0.2) is 13.6 Å². The van der Waals surface area contributed by atoms with Crippen LogP contribution in [0.15, 0.2) is 41.4 Å². The van der Waals surface area contributed by atoms with Crippen LogP contribution in [0.1, 0.15) is 35.0 Å². The molecule has 0 atom stereocenters. The highest BCUT2D eigenvalue weighted by molar-refractivity contribution is 7.89. The Morgan fingerprint density at radius 2 is 2.04 bits per heavy atom. The lowest BCUT2D eigenvalue weighted by molar-refractivity contribution is 0.0988. The molecule has 7 heteroatoms. The zero-order valence-electron chi connectivity index (χ0n) is 13.0. The lowest BCUT2D eigenvalue weighted by Gasteiger charge is -2.13. The predicted octanol–water partition coefficient (Wildman–Crippen LogP) is 2.24. The largest absolute Gasteiger partial charge is 0.378 e. The number of benzene rings is 1. The molecular weight excluding hydrogens is 314 g/mol. The number of primary sulfonamides is 1. The van der Waals surface area contributed by atoms with Crippen LogP contribution in [0.3, 0.4) is 0 Å². The number of rotatable bonds is 6. The standard InChI is InChI=1S/C16H19N3O3S/c1-3-15(20)12-6-7-13(16(9-12)23(17,21)22)19-10-14-11(2)5-4-8-18-14/h4-9,19H,3,10H2,1-2H3,(H2,17,21,22). The van der Waals surface area contributed by atoms with Crippen LogP contribution in [0.25, 0.3) is 0 Å². The summed E-state index contributed by atoms with van der Waals surface area (Å²) < 4.78 is 23.6. The van der Waals surface area contributed by atoms with Crippen LogP contribution >= 0.6 is 0 Å². The van der Waals surface area contributed by atoms with Crippen molar-refractivity contribution in [2.45, 2.75) is 31.7 Å². The number of hydrogen-bond acceptors (Lipinski definition) is 5. The van der Waals surface area contributed by atoms with Crippen LogP contribution in [0.4, 0.5) is 5.69 Å². The molecule has 0 aliphatic rings. The van der Waals surface area contributed by atoms with E-state index in [0.29, 0.717) is 24.2 Å². The number of aryl methyl sites for hydroxylation is 1. The van der Waals surface area contributed by atoms with Crippen molar-refractivity contribution < 1.29 is 13.2 Å². The highest BCUT2D eigenvalue weighted by Gasteiger charge is 2.17. The van der Waals surface area contributed by atoms with Gasteiger partial charge in [0, 0.05) is 18.2 Å². The van der Waals surface area contributed by atoms with E-state index < -0.39 is 10.0 Å². The van der Waals surface area contributed by atoms with E-state index in [1.807, 2.05) is 19.1 Å². The Morgan fingerprint density at radius 3 is 2.65 bits per heavy atom. The molecule has 0 saturated heterocycles. The maximum atomic E-state index is 11.8. The number of nitrogens with one attached hydrogen (secondary N) is 1. The average Bonchev–Trinajstić information content (AvgIpc) is 2.52. The molecule has 1 heterocycles. The number of Topliss-reactive ketones (excluding diaryl/α,β-unsaturated/α-hetero) is 1. The van der Waals surface area contributed by atoms with E-state index in [9.17, 15) is 13.2 Å². The number of sulfonamides is 1. The van der Waals surface area contributed by atoms with Gasteiger partial charge < -0.3 is 5.32 Å². The summed E-state index contributed by atoms with van der Waals surface area (Å²) in [6, 6.07) is 8.22. The molecule has 6 nitrogen and oxygen atoms in total. The van der Waals surface area contributed by atoms with E-state index in [1.54, 1.807) is 25.3 Å². The molecule has 0 amide bonds. The number of nitrogens with zero attached hydrogens (tertiary/aromatic N) is 1. The molecule has 3 N–H and O–H groups in total. The first-order chi connectivity index (χ1) is 10.8. The van der Waals surface area contributed by atoms with Crippen LogP contribution in [-0.2, 0) is 16.6 Å². The molecule has 23 heavy (non-hydrogen) atoms. The van der Waals surface area contributed by atoms with Crippen molar-refractivity contribution in [3.8, 4) is 0 Å². The topological polar surface area (TPSA) is 102 Å². The van der Waals surface area contributed by atoms with E-state index in [-0.39, 0.29) is 10.7 Å². The molecule has 0 aliphatic carbocycles. The zero-order valence-corrected chi connectivity index (χ0v) is 13.9. The van der Waals surface area contributed by atoms with Gasteiger partial charge in [-0.2, -0.15) is 0 Å². The second-order valence-electron chi connectivity index (χ2n) is 5.15. The lowest BCUT2D eigenvalue weighted by atomic mass is 10.1. The SMILES string of the molecule is CCC(=O)c1ccc(NCc2ncccc2C)c(S(N)(=O)=O)c1. The molecule has 1 aromatic heterocycles. The van der Waals surface area contributed by atoms with Crippen molar-refractivity contribution in [2.24, 2.45) is 5.14 Å². The number of aromatic nitrogens is 1. The third-order valence-electron chi connectivity index (χ3n) is 3.50. The smallest absolute Gasteiger partial charge is 0.240 e. The van der Waals surface area contributed by atoms with Gasteiger partial charge in [0.25, 0.3) is 0 Å². The van der Waals surface area contributed by atoms with E-state index in [0.717, 1.165) is 11.3 Å². The predicted molar refractivity (Wildman–Crippen MR) is 88.7 cm³/mol. The van der Waals surface area contributed by atoms with Gasteiger partial charge in [0.1, 0.15) is 4.90 Å². The number of carbonyl (C=O) groups is 1. The minimum Gasteiger partial charge on any atom is -0.378 e. The summed E-state index contributed by atoms with van der Waals surface area (Å²) in [5, 5.41) is 8.30. The molecule has 122 valence electrons. The Hall–Kier alpha value is -2.25. The molecule has 0 fully saturated rings. The number of pyridine rings is 1. The highest BCUT2D eigenvalue weighted by Crippen LogP contribution is 2.23. The first-order valence-corrected chi connectivity index (χ1v) is 8.72. The maximum absolute atomic E-state index is 11.8. The van der Waals surface area contributed by atoms with E-state index in [1.165, 1.54) is 6.07 Å². The van der Waals surface area contributed by atoms with Gasteiger partial charge in [0.05, 0.1) is 17.9 Å². The molecule has 0 saturated carbocycles. The fourth-order valence-electron chi connectivity index (χ4n) is 2.16. The minimum absolute atomic E-state index is 0.0922. The van der Waals surface area contributed by atoms with Crippen LogP contribution in [0.2, 0.25) is 0 Å². The summed E-state index contributed by atoms with van der Waals surface area (Å²) in [5.74, 6) is -0.137. The van der Waals surface area contributed by atoms with Crippen molar-refractivity contribution in [1.82, 2.24) is 4.98 Å². The Morgan fingerprint density at radius 1 is 1.30 bits per heavy atom. The second-order valence-corrected chi connectivity index (χ2v) is 6.68. The molecule has 0 radical (unpaired) electrons. The molecule has 1 aromatic carbocycles. The lowest BCUT2D eigenvalue weighted by Crippen LogP contribution is -2.16. The minimum atomic E-state index is -3.95. The van der Waals surface area contributed by atoms with Gasteiger partial charge >= 0.3 is 0 Å². The summed E-state index contributed by atoms with van der Waals surface area (Å²) in [7, 11) is -3.95. The molecular formula is C16H19N3O3S. The molecule has 0 unspecified atom stereocenters. The van der Waals surface area contributed by atoms with E-state index in [2.05, 4.69) is 10.3 Å². The van der Waals surface area contributed by atoms with Gasteiger partial charge in [-0.15, -0.1) is 0 Å². The summed E-state index contributed by atoms with van der Waals surface area (Å²) in [4.78, 5) is 15.9. The second kappa shape index (κ2) is 6.89. The third kappa shape index (κ3) is 4.14. The first-order valence-electron chi connectivity index (χ1n) is 7.17. The van der Waals surface area contributed by atoms with Crippen molar-refractivity contribution >= 4 is 21.5 Å². The fraction of sp³-hybridized carbons (Fsp3) is 0.250. The Labute approximate surface area is 135 Å². The summed E-state index contributed by atoms with van der Waals surface area (Å²) in [6.45, 7) is 4.00. The normalized spacial score (nSPS) is 11.3. The monoisotopic (exact) mass is 333 g/mol. The summed E-state index contributed by atoms with van der Waals surface area (Å²) >= 11 is 0. The van der Waals surface area contributed by atoms with Crippen molar-refractivity contribution in [3.63, 3.8) is 0 Å². The molecule has 2 aromatic rings. The van der Waals surface area contributed by atoms with Gasteiger partial charge in [0.2, 0.25) is 10.0 Å². The van der Waals surface area contributed by atoms with E-state index >= 15 is 0 Å². The van der Waals surface area contributed by atoms with E-state index in [4.69, 9.17) is 5.14 Å². The number of hydrogen-bond donors (Lipinski definition) is 2. The molecule has 0 spiro atoms. The molecule has 0 aliphatic heterocycles. The van der Waals surface area contributed by atoms with Crippen LogP contribution < -0.4 is 10.5 Å². The van der Waals surface area contributed by atoms with Crippen molar-refractivity contribution in [2.75, 3.05) is 5.32 Å². The number of ketones is 1. The number of anilines is 1.